The predicted octanol–water partition coefficient (Wildman–Crippen LogP) is 1.38. The maximum Gasteiger partial charge on any atom is 0.300 e. The summed E-state index contributed by atoms with van der Waals surface area (Å²) in [6.45, 7) is 0.805. The minimum absolute atomic E-state index is 0.150. The van der Waals surface area contributed by atoms with Gasteiger partial charge in [0, 0.05) is 18.7 Å². The highest BCUT2D eigenvalue weighted by molar-refractivity contribution is 7.91. The molecule has 18 heavy (non-hydrogen) atoms. The van der Waals surface area contributed by atoms with Crippen molar-refractivity contribution in [2.75, 3.05) is 13.2 Å². The van der Waals surface area contributed by atoms with Gasteiger partial charge in [-0.1, -0.05) is 11.6 Å². The lowest BCUT2D eigenvalue weighted by molar-refractivity contribution is -0.384. The van der Waals surface area contributed by atoms with Crippen molar-refractivity contribution >= 4 is 38.6 Å². The molecule has 0 bridgehead atoms. The molecule has 1 aromatic heterocycles. The standard InChI is InChI=1S/C8H9ClN2O5S2/c9-8-6(11(12)13)3-7(17-8)18(14,15)10-5-1-2-16-4-5/h3,5,10H,1-2,4H2. The Labute approximate surface area is 112 Å². The number of halogens is 1. The van der Waals surface area contributed by atoms with Gasteiger partial charge in [-0.15, -0.1) is 11.3 Å². The summed E-state index contributed by atoms with van der Waals surface area (Å²) in [4.78, 5) is 9.89. The van der Waals surface area contributed by atoms with Crippen LogP contribution in [-0.4, -0.2) is 32.6 Å². The Balaban J connectivity index is 2.24. The first-order valence-electron chi connectivity index (χ1n) is 4.94. The Morgan fingerprint density at radius 1 is 1.61 bits per heavy atom. The van der Waals surface area contributed by atoms with Gasteiger partial charge < -0.3 is 4.74 Å². The zero-order valence-corrected chi connectivity index (χ0v) is 11.3. The Kier molecular flexibility index (Phi) is 3.87. The van der Waals surface area contributed by atoms with E-state index < -0.39 is 20.6 Å². The minimum Gasteiger partial charge on any atom is -0.380 e. The van der Waals surface area contributed by atoms with Crippen LogP contribution in [0.15, 0.2) is 10.3 Å². The third-order valence-electron chi connectivity index (χ3n) is 2.36. The molecular formula is C8H9ClN2O5S2. The van der Waals surface area contributed by atoms with E-state index in [1.54, 1.807) is 0 Å². The highest BCUT2D eigenvalue weighted by Gasteiger charge is 2.28. The van der Waals surface area contributed by atoms with Gasteiger partial charge in [-0.2, -0.15) is 0 Å². The average Bonchev–Trinajstić information content (AvgIpc) is 2.86. The zero-order chi connectivity index (χ0) is 13.3. The summed E-state index contributed by atoms with van der Waals surface area (Å²) in [6.07, 6.45) is 0.584. The maximum atomic E-state index is 11.9. The summed E-state index contributed by atoms with van der Waals surface area (Å²) in [5.74, 6) is 0. The number of thiophene rings is 1. The first-order chi connectivity index (χ1) is 8.40. The summed E-state index contributed by atoms with van der Waals surface area (Å²) in [5.41, 5.74) is -0.398. The van der Waals surface area contributed by atoms with Gasteiger partial charge in [-0.3, -0.25) is 10.1 Å². The Morgan fingerprint density at radius 3 is 2.83 bits per heavy atom. The first-order valence-corrected chi connectivity index (χ1v) is 7.62. The van der Waals surface area contributed by atoms with E-state index in [4.69, 9.17) is 16.3 Å². The molecule has 0 radical (unpaired) electrons. The molecule has 0 saturated carbocycles. The molecule has 1 aliphatic heterocycles. The lowest BCUT2D eigenvalue weighted by atomic mass is 10.3. The zero-order valence-electron chi connectivity index (χ0n) is 8.96. The molecule has 1 fully saturated rings. The smallest absolute Gasteiger partial charge is 0.300 e. The third-order valence-corrected chi connectivity index (χ3v) is 5.69. The molecule has 100 valence electrons. The van der Waals surface area contributed by atoms with E-state index in [0.717, 1.165) is 6.07 Å². The van der Waals surface area contributed by atoms with Crippen LogP contribution in [0.4, 0.5) is 5.69 Å². The van der Waals surface area contributed by atoms with Gasteiger partial charge in [0.05, 0.1) is 11.5 Å². The number of nitro groups is 1. The van der Waals surface area contributed by atoms with Crippen molar-refractivity contribution in [3.63, 3.8) is 0 Å². The van der Waals surface area contributed by atoms with E-state index >= 15 is 0 Å². The van der Waals surface area contributed by atoms with Crippen molar-refractivity contribution in [3.05, 3.63) is 20.5 Å². The summed E-state index contributed by atoms with van der Waals surface area (Å²) in [6, 6.07) is 0.667. The van der Waals surface area contributed by atoms with Crippen LogP contribution in [0.2, 0.25) is 4.34 Å². The molecule has 1 aliphatic rings. The Hall–Kier alpha value is -0.740. The topological polar surface area (TPSA) is 98.5 Å². The molecule has 1 unspecified atom stereocenters. The van der Waals surface area contributed by atoms with Gasteiger partial charge in [0.15, 0.2) is 4.34 Å². The van der Waals surface area contributed by atoms with Crippen LogP contribution >= 0.6 is 22.9 Å². The van der Waals surface area contributed by atoms with Crippen LogP contribution in [0.25, 0.3) is 0 Å². The summed E-state index contributed by atoms with van der Waals surface area (Å²) >= 11 is 6.29. The van der Waals surface area contributed by atoms with Gasteiger partial charge in [0.1, 0.15) is 4.21 Å². The normalized spacial score (nSPS) is 20.2. The number of hydrogen-bond acceptors (Lipinski definition) is 6. The van der Waals surface area contributed by atoms with Crippen LogP contribution in [0.1, 0.15) is 6.42 Å². The van der Waals surface area contributed by atoms with E-state index in [9.17, 15) is 18.5 Å². The second-order valence-electron chi connectivity index (χ2n) is 3.66. The summed E-state index contributed by atoms with van der Waals surface area (Å²) < 4.78 is 31.0. The molecule has 0 aliphatic carbocycles. The largest absolute Gasteiger partial charge is 0.380 e. The fraction of sp³-hybridized carbons (Fsp3) is 0.500. The molecule has 7 nitrogen and oxygen atoms in total. The monoisotopic (exact) mass is 312 g/mol. The van der Waals surface area contributed by atoms with E-state index in [2.05, 4.69) is 4.72 Å². The molecule has 1 N–H and O–H groups in total. The Bertz CT molecular complexity index is 564. The summed E-state index contributed by atoms with van der Waals surface area (Å²) in [5, 5.41) is 10.6. The molecular weight excluding hydrogens is 304 g/mol. The van der Waals surface area contributed by atoms with Crippen LogP contribution < -0.4 is 4.72 Å². The molecule has 2 rings (SSSR count). The number of nitrogens with zero attached hydrogens (tertiary/aromatic N) is 1. The van der Waals surface area contributed by atoms with E-state index in [1.165, 1.54) is 0 Å². The lowest BCUT2D eigenvalue weighted by Gasteiger charge is -2.09. The van der Waals surface area contributed by atoms with Crippen molar-refractivity contribution in [2.45, 2.75) is 16.7 Å². The lowest BCUT2D eigenvalue weighted by Crippen LogP contribution is -2.34. The van der Waals surface area contributed by atoms with Crippen LogP contribution in [0.3, 0.4) is 0 Å². The van der Waals surface area contributed by atoms with Crippen LogP contribution in [0, 0.1) is 10.1 Å². The van der Waals surface area contributed by atoms with Gasteiger partial charge in [0.2, 0.25) is 0 Å². The SMILES string of the molecule is O=[N+]([O-])c1cc(S(=O)(=O)NC2CCOC2)sc1Cl. The fourth-order valence-corrected chi connectivity index (χ4v) is 4.44. The number of nitrogens with one attached hydrogen (secondary N) is 1. The molecule has 0 aromatic carbocycles. The third kappa shape index (κ3) is 2.81. The molecule has 0 spiro atoms. The molecule has 1 aromatic rings. The molecule has 1 atom stereocenters. The van der Waals surface area contributed by atoms with Gasteiger partial charge in [-0.05, 0) is 6.42 Å². The van der Waals surface area contributed by atoms with Crippen molar-refractivity contribution in [3.8, 4) is 0 Å². The highest BCUT2D eigenvalue weighted by atomic mass is 35.5. The van der Waals surface area contributed by atoms with Crippen molar-refractivity contribution in [1.82, 2.24) is 4.72 Å². The van der Waals surface area contributed by atoms with E-state index in [1.807, 2.05) is 0 Å². The van der Waals surface area contributed by atoms with Crippen LogP contribution in [0.5, 0.6) is 0 Å². The molecule has 0 amide bonds. The maximum absolute atomic E-state index is 11.9. The molecule has 2 heterocycles. The van der Waals surface area contributed by atoms with Gasteiger partial charge in [-0.25, -0.2) is 13.1 Å². The minimum atomic E-state index is -3.78. The first kappa shape index (κ1) is 13.7. The van der Waals surface area contributed by atoms with Crippen molar-refractivity contribution < 1.29 is 18.1 Å². The quantitative estimate of drug-likeness (QED) is 0.669. The van der Waals surface area contributed by atoms with Crippen LogP contribution in [-0.2, 0) is 14.8 Å². The van der Waals surface area contributed by atoms with Crippen molar-refractivity contribution in [1.29, 1.82) is 0 Å². The second kappa shape index (κ2) is 5.10. The van der Waals surface area contributed by atoms with Crippen molar-refractivity contribution in [2.24, 2.45) is 0 Å². The van der Waals surface area contributed by atoms with Gasteiger partial charge in [0.25, 0.3) is 15.7 Å². The van der Waals surface area contributed by atoms with E-state index in [-0.39, 0.29) is 14.6 Å². The number of ether oxygens (including phenoxy) is 1. The molecule has 1 saturated heterocycles. The number of rotatable bonds is 4. The summed E-state index contributed by atoms with van der Waals surface area (Å²) in [7, 11) is -3.78. The molecule has 10 heteroatoms. The van der Waals surface area contributed by atoms with Gasteiger partial charge >= 0.3 is 0 Å². The predicted molar refractivity (Wildman–Crippen MR) is 65.5 cm³/mol. The average molecular weight is 313 g/mol. The number of hydrogen-bond donors (Lipinski definition) is 1. The second-order valence-corrected chi connectivity index (χ2v) is 7.26. The highest BCUT2D eigenvalue weighted by Crippen LogP contribution is 2.36. The number of sulfonamides is 1. The Morgan fingerprint density at radius 2 is 2.33 bits per heavy atom. The fourth-order valence-electron chi connectivity index (χ4n) is 1.50. The van der Waals surface area contributed by atoms with E-state index in [0.29, 0.717) is 31.0 Å².